The van der Waals surface area contributed by atoms with E-state index in [9.17, 15) is 22.8 Å². The van der Waals surface area contributed by atoms with Gasteiger partial charge in [0.25, 0.3) is 5.91 Å². The van der Waals surface area contributed by atoms with Crippen LogP contribution in [0.2, 0.25) is 0 Å². The second-order valence-electron chi connectivity index (χ2n) is 9.40. The summed E-state index contributed by atoms with van der Waals surface area (Å²) < 4.78 is 50.3. The minimum Gasteiger partial charge on any atom is -0.493 e. The van der Waals surface area contributed by atoms with Crippen LogP contribution in [0.5, 0.6) is 11.5 Å². The van der Waals surface area contributed by atoms with E-state index >= 15 is 0 Å². The van der Waals surface area contributed by atoms with E-state index in [1.165, 1.54) is 13.2 Å². The molecule has 0 radical (unpaired) electrons. The fourth-order valence-corrected chi connectivity index (χ4v) is 4.01. The monoisotopic (exact) mass is 557 g/mol. The number of nitrogens with one attached hydrogen (secondary N) is 2. The number of nitrogens with zero attached hydrogens (tertiary/aromatic N) is 1. The first-order valence-corrected chi connectivity index (χ1v) is 12.8. The zero-order chi connectivity index (χ0) is 29.3. The van der Waals surface area contributed by atoms with Gasteiger partial charge >= 0.3 is 6.18 Å². The normalized spacial score (nSPS) is 12.1. The number of carbonyl (C=O) groups excluding carboxylic acids is 2. The highest BCUT2D eigenvalue weighted by Crippen LogP contribution is 2.32. The molecule has 3 aromatic rings. The van der Waals surface area contributed by atoms with Gasteiger partial charge in [-0.25, -0.2) is 0 Å². The van der Waals surface area contributed by atoms with Crippen molar-refractivity contribution in [3.8, 4) is 22.6 Å². The van der Waals surface area contributed by atoms with Crippen molar-refractivity contribution in [3.63, 3.8) is 0 Å². The van der Waals surface area contributed by atoms with E-state index in [-0.39, 0.29) is 12.3 Å². The van der Waals surface area contributed by atoms with E-state index < -0.39 is 23.7 Å². The standard InChI is InChI=1S/C30H34F3N3O4/c1-5-40-27-19-23(13-14-26(27)39-4)28(37)35-25(29(38)34-15-16-36(2)3)17-20-9-11-21(12-10-20)22-7-6-8-24(18-22)30(31,32)33/h6-14,18-19,25H,5,15-17H2,1-4H3,(H,34,38)(H,35,37). The molecule has 0 aliphatic heterocycles. The lowest BCUT2D eigenvalue weighted by molar-refractivity contribution is -0.137. The number of benzene rings is 3. The van der Waals surface area contributed by atoms with E-state index in [0.717, 1.165) is 17.7 Å². The van der Waals surface area contributed by atoms with Gasteiger partial charge in [0.2, 0.25) is 5.91 Å². The number of amides is 2. The molecule has 0 aromatic heterocycles. The quantitative estimate of drug-likeness (QED) is 0.335. The van der Waals surface area contributed by atoms with Crippen molar-refractivity contribution >= 4 is 11.8 Å². The molecule has 0 aliphatic carbocycles. The first-order chi connectivity index (χ1) is 19.0. The van der Waals surface area contributed by atoms with E-state index in [1.807, 2.05) is 25.9 Å². The van der Waals surface area contributed by atoms with Gasteiger partial charge in [0.15, 0.2) is 11.5 Å². The van der Waals surface area contributed by atoms with Crippen LogP contribution >= 0.6 is 0 Å². The Bertz CT molecular complexity index is 1290. The number of hydrogen-bond donors (Lipinski definition) is 2. The van der Waals surface area contributed by atoms with Gasteiger partial charge in [0.1, 0.15) is 6.04 Å². The zero-order valence-corrected chi connectivity index (χ0v) is 23.0. The van der Waals surface area contributed by atoms with Gasteiger partial charge in [-0.3, -0.25) is 9.59 Å². The number of rotatable bonds is 12. The summed E-state index contributed by atoms with van der Waals surface area (Å²) in [5.41, 5.74) is 1.34. The summed E-state index contributed by atoms with van der Waals surface area (Å²) in [5, 5.41) is 5.66. The van der Waals surface area contributed by atoms with Crippen LogP contribution in [0.25, 0.3) is 11.1 Å². The molecule has 1 atom stereocenters. The lowest BCUT2D eigenvalue weighted by Crippen LogP contribution is -2.49. The van der Waals surface area contributed by atoms with E-state index in [4.69, 9.17) is 9.47 Å². The van der Waals surface area contributed by atoms with Gasteiger partial charge in [-0.1, -0.05) is 36.4 Å². The number of methoxy groups -OCH3 is 1. The highest BCUT2D eigenvalue weighted by Gasteiger charge is 2.30. The smallest absolute Gasteiger partial charge is 0.416 e. The van der Waals surface area contributed by atoms with E-state index in [2.05, 4.69) is 10.6 Å². The third-order valence-corrected chi connectivity index (χ3v) is 6.12. The molecule has 0 fully saturated rings. The number of hydrogen-bond acceptors (Lipinski definition) is 5. The first-order valence-electron chi connectivity index (χ1n) is 12.8. The predicted octanol–water partition coefficient (Wildman–Crippen LogP) is 4.80. The summed E-state index contributed by atoms with van der Waals surface area (Å²) in [6.45, 7) is 3.21. The van der Waals surface area contributed by atoms with Crippen molar-refractivity contribution in [2.45, 2.75) is 25.6 Å². The van der Waals surface area contributed by atoms with Crippen LogP contribution < -0.4 is 20.1 Å². The molecule has 0 saturated carbocycles. The summed E-state index contributed by atoms with van der Waals surface area (Å²) in [5.74, 6) is 0.0831. The molecule has 3 rings (SSSR count). The third kappa shape index (κ3) is 8.47. The Hall–Kier alpha value is -4.05. The lowest BCUT2D eigenvalue weighted by atomic mass is 9.99. The molecule has 0 spiro atoms. The number of likely N-dealkylation sites (N-methyl/N-ethyl adjacent to an activating group) is 1. The molecule has 1 unspecified atom stereocenters. The molecule has 0 heterocycles. The third-order valence-electron chi connectivity index (χ3n) is 6.12. The maximum Gasteiger partial charge on any atom is 0.416 e. The van der Waals surface area contributed by atoms with Crippen molar-refractivity contribution in [2.24, 2.45) is 0 Å². The summed E-state index contributed by atoms with van der Waals surface area (Å²) in [4.78, 5) is 28.2. The van der Waals surface area contributed by atoms with Crippen LogP contribution in [0.15, 0.2) is 66.7 Å². The van der Waals surface area contributed by atoms with Gasteiger partial charge in [-0.2, -0.15) is 13.2 Å². The Balaban J connectivity index is 1.81. The Labute approximate surface area is 232 Å². The number of alkyl halides is 3. The topological polar surface area (TPSA) is 79.9 Å². The summed E-state index contributed by atoms with van der Waals surface area (Å²) in [7, 11) is 5.28. The van der Waals surface area contributed by atoms with Crippen molar-refractivity contribution in [2.75, 3.05) is 40.9 Å². The highest BCUT2D eigenvalue weighted by atomic mass is 19.4. The van der Waals surface area contributed by atoms with Crippen molar-refractivity contribution < 1.29 is 32.2 Å². The maximum atomic E-state index is 13.2. The van der Waals surface area contributed by atoms with Crippen molar-refractivity contribution in [1.29, 1.82) is 0 Å². The van der Waals surface area contributed by atoms with Crippen LogP contribution in [0.3, 0.4) is 0 Å². The molecule has 2 N–H and O–H groups in total. The summed E-state index contributed by atoms with van der Waals surface area (Å²) in [6, 6.07) is 15.8. The molecule has 2 amide bonds. The van der Waals surface area contributed by atoms with Crippen LogP contribution in [0.4, 0.5) is 13.2 Å². The average molecular weight is 558 g/mol. The molecule has 214 valence electrons. The van der Waals surface area contributed by atoms with Crippen LogP contribution in [0.1, 0.15) is 28.4 Å². The Kier molecular flexibility index (Phi) is 10.6. The number of carbonyl (C=O) groups is 2. The summed E-state index contributed by atoms with van der Waals surface area (Å²) >= 11 is 0. The molecular weight excluding hydrogens is 523 g/mol. The largest absolute Gasteiger partial charge is 0.493 e. The Morgan fingerprint density at radius 1 is 0.950 bits per heavy atom. The molecule has 3 aromatic carbocycles. The molecule has 0 bridgehead atoms. The molecule has 10 heteroatoms. The predicted molar refractivity (Wildman–Crippen MR) is 148 cm³/mol. The van der Waals surface area contributed by atoms with Gasteiger partial charge < -0.3 is 25.0 Å². The number of ether oxygens (including phenoxy) is 2. The maximum absolute atomic E-state index is 13.2. The molecule has 40 heavy (non-hydrogen) atoms. The minimum absolute atomic E-state index is 0.177. The van der Waals surface area contributed by atoms with Crippen LogP contribution in [-0.2, 0) is 17.4 Å². The zero-order valence-electron chi connectivity index (χ0n) is 23.0. The molecular formula is C30H34F3N3O4. The minimum atomic E-state index is -4.44. The molecule has 7 nitrogen and oxygen atoms in total. The summed E-state index contributed by atoms with van der Waals surface area (Å²) in [6.07, 6.45) is -4.26. The second kappa shape index (κ2) is 13.8. The fraction of sp³-hybridized carbons (Fsp3) is 0.333. The Morgan fingerprint density at radius 2 is 1.68 bits per heavy atom. The first kappa shape index (κ1) is 30.5. The van der Waals surface area contributed by atoms with Gasteiger partial charge in [0, 0.05) is 25.1 Å². The van der Waals surface area contributed by atoms with Crippen molar-refractivity contribution in [3.05, 3.63) is 83.4 Å². The van der Waals surface area contributed by atoms with Gasteiger partial charge in [0.05, 0.1) is 19.3 Å². The Morgan fingerprint density at radius 3 is 2.30 bits per heavy atom. The lowest BCUT2D eigenvalue weighted by Gasteiger charge is -2.20. The average Bonchev–Trinajstić information content (AvgIpc) is 2.92. The highest BCUT2D eigenvalue weighted by molar-refractivity contribution is 5.98. The number of halogens is 3. The van der Waals surface area contributed by atoms with Crippen LogP contribution in [0, 0.1) is 0 Å². The SMILES string of the molecule is CCOc1cc(C(=O)NC(Cc2ccc(-c3cccc(C(F)(F)F)c3)cc2)C(=O)NCCN(C)C)ccc1OC. The van der Waals surface area contributed by atoms with Gasteiger partial charge in [-0.15, -0.1) is 0 Å². The second-order valence-corrected chi connectivity index (χ2v) is 9.40. The molecule has 0 aliphatic rings. The van der Waals surface area contributed by atoms with Crippen LogP contribution in [-0.4, -0.2) is 63.7 Å². The van der Waals surface area contributed by atoms with Gasteiger partial charge in [-0.05, 0) is 68.0 Å². The van der Waals surface area contributed by atoms with E-state index in [0.29, 0.717) is 47.9 Å². The van der Waals surface area contributed by atoms with E-state index in [1.54, 1.807) is 48.5 Å². The van der Waals surface area contributed by atoms with Crippen molar-refractivity contribution in [1.82, 2.24) is 15.5 Å². The fourth-order valence-electron chi connectivity index (χ4n) is 4.01. The molecule has 0 saturated heterocycles.